The molecule has 2 amide bonds. The number of amides is 2. The van der Waals surface area contributed by atoms with Crippen molar-refractivity contribution < 1.29 is 14.5 Å². The van der Waals surface area contributed by atoms with Crippen LogP contribution in [0.25, 0.3) is 0 Å². The van der Waals surface area contributed by atoms with Gasteiger partial charge in [-0.2, -0.15) is 0 Å². The van der Waals surface area contributed by atoms with Crippen molar-refractivity contribution in [3.05, 3.63) is 29.3 Å². The molecular formula is C21H34N3O2+. The van der Waals surface area contributed by atoms with Crippen LogP contribution < -0.4 is 15.5 Å². The molecule has 0 aliphatic heterocycles. The lowest BCUT2D eigenvalue weighted by molar-refractivity contribution is -0.862. The van der Waals surface area contributed by atoms with Crippen LogP contribution in [0.2, 0.25) is 0 Å². The first-order valence-corrected chi connectivity index (χ1v) is 9.74. The second-order valence-electron chi connectivity index (χ2n) is 8.05. The number of carbonyl (C=O) groups excluding carboxylic acids is 2. The van der Waals surface area contributed by atoms with E-state index < -0.39 is 0 Å². The summed E-state index contributed by atoms with van der Waals surface area (Å²) in [6.45, 7) is 9.11. The molecule has 0 heterocycles. The van der Waals surface area contributed by atoms with E-state index in [0.717, 1.165) is 28.1 Å². The van der Waals surface area contributed by atoms with Gasteiger partial charge in [-0.25, -0.2) is 0 Å². The van der Waals surface area contributed by atoms with Crippen molar-refractivity contribution in [2.45, 2.75) is 53.0 Å². The average molecular weight is 361 g/mol. The van der Waals surface area contributed by atoms with E-state index in [2.05, 4.69) is 24.5 Å². The van der Waals surface area contributed by atoms with E-state index in [1.807, 2.05) is 39.1 Å². The molecule has 1 saturated carbocycles. The van der Waals surface area contributed by atoms with Crippen molar-refractivity contribution in [3.63, 3.8) is 0 Å². The fourth-order valence-electron chi connectivity index (χ4n) is 3.74. The van der Waals surface area contributed by atoms with Crippen LogP contribution in [0.5, 0.6) is 0 Å². The second kappa shape index (κ2) is 9.17. The summed E-state index contributed by atoms with van der Waals surface area (Å²) in [4.78, 5) is 25.5. The van der Waals surface area contributed by atoms with E-state index in [1.54, 1.807) is 0 Å². The van der Waals surface area contributed by atoms with E-state index in [-0.39, 0.29) is 24.4 Å². The Bertz CT molecular complexity index is 644. The molecule has 0 bridgehead atoms. The summed E-state index contributed by atoms with van der Waals surface area (Å²) in [5.74, 6) is 1.14. The standard InChI is InChI=1S/C21H33N3O2/c1-14-8-6-10-18(16(14)3)22-20(25)12-24(5)13-21(26)23-19-11-7-9-15(2)17(19)4/h6,8,10,15,17,19H,7,9,11-13H2,1-5H3,(H,22,25)(H,23,26)/p+1/t15-,17-,19-/m0/s1. The molecule has 0 aromatic heterocycles. The van der Waals surface area contributed by atoms with E-state index in [1.165, 1.54) is 12.8 Å². The van der Waals surface area contributed by atoms with Crippen LogP contribution in [0.15, 0.2) is 18.2 Å². The fourth-order valence-corrected chi connectivity index (χ4v) is 3.74. The van der Waals surface area contributed by atoms with E-state index >= 15 is 0 Å². The molecule has 0 saturated heterocycles. The molecule has 0 radical (unpaired) electrons. The first-order chi connectivity index (χ1) is 12.3. The van der Waals surface area contributed by atoms with E-state index in [4.69, 9.17) is 0 Å². The quantitative estimate of drug-likeness (QED) is 0.723. The van der Waals surface area contributed by atoms with Crippen LogP contribution in [-0.2, 0) is 9.59 Å². The summed E-state index contributed by atoms with van der Waals surface area (Å²) in [5.41, 5.74) is 3.08. The third-order valence-corrected chi connectivity index (χ3v) is 5.86. The van der Waals surface area contributed by atoms with E-state index in [9.17, 15) is 9.59 Å². The molecular weight excluding hydrogens is 326 g/mol. The highest BCUT2D eigenvalue weighted by atomic mass is 16.2. The van der Waals surface area contributed by atoms with Crippen LogP contribution in [-0.4, -0.2) is 38.0 Å². The van der Waals surface area contributed by atoms with Gasteiger partial charge in [0.25, 0.3) is 11.8 Å². The summed E-state index contributed by atoms with van der Waals surface area (Å²) in [7, 11) is 1.88. The third-order valence-electron chi connectivity index (χ3n) is 5.86. The molecule has 3 N–H and O–H groups in total. The van der Waals surface area contributed by atoms with Gasteiger partial charge in [-0.05, 0) is 49.3 Å². The summed E-state index contributed by atoms with van der Waals surface area (Å²) in [5, 5.41) is 6.14. The largest absolute Gasteiger partial charge is 0.348 e. The van der Waals surface area contributed by atoms with Gasteiger partial charge in [0.05, 0.1) is 7.05 Å². The van der Waals surface area contributed by atoms with Gasteiger partial charge in [0.1, 0.15) is 0 Å². The zero-order valence-corrected chi connectivity index (χ0v) is 16.8. The Morgan fingerprint density at radius 2 is 1.81 bits per heavy atom. The maximum absolute atomic E-state index is 12.3. The highest BCUT2D eigenvalue weighted by Gasteiger charge is 2.28. The topological polar surface area (TPSA) is 62.6 Å². The normalized spacial score (nSPS) is 24.0. The molecule has 26 heavy (non-hydrogen) atoms. The van der Waals surface area contributed by atoms with Crippen LogP contribution >= 0.6 is 0 Å². The third kappa shape index (κ3) is 5.56. The molecule has 2 rings (SSSR count). The predicted octanol–water partition coefficient (Wildman–Crippen LogP) is 1.70. The van der Waals surface area contributed by atoms with Gasteiger partial charge in [0.15, 0.2) is 13.1 Å². The molecule has 5 heteroatoms. The number of rotatable bonds is 6. The highest BCUT2D eigenvalue weighted by Crippen LogP contribution is 2.29. The lowest BCUT2D eigenvalue weighted by Crippen LogP contribution is -3.11. The molecule has 1 unspecified atom stereocenters. The van der Waals surface area contributed by atoms with Crippen molar-refractivity contribution in [1.29, 1.82) is 0 Å². The van der Waals surface area contributed by atoms with Crippen LogP contribution in [0, 0.1) is 25.7 Å². The number of aryl methyl sites for hydroxylation is 1. The zero-order chi connectivity index (χ0) is 19.3. The molecule has 5 nitrogen and oxygen atoms in total. The average Bonchev–Trinajstić information content (AvgIpc) is 2.56. The van der Waals surface area contributed by atoms with Crippen molar-refractivity contribution in [2.75, 3.05) is 25.5 Å². The Morgan fingerprint density at radius 1 is 1.12 bits per heavy atom. The molecule has 4 atom stereocenters. The lowest BCUT2D eigenvalue weighted by Gasteiger charge is -2.34. The zero-order valence-electron chi connectivity index (χ0n) is 16.8. The number of benzene rings is 1. The number of nitrogens with one attached hydrogen (secondary N) is 3. The first-order valence-electron chi connectivity index (χ1n) is 9.74. The van der Waals surface area contributed by atoms with Crippen molar-refractivity contribution in [1.82, 2.24) is 5.32 Å². The fraction of sp³-hybridized carbons (Fsp3) is 0.619. The summed E-state index contributed by atoms with van der Waals surface area (Å²) >= 11 is 0. The minimum atomic E-state index is -0.0661. The van der Waals surface area contributed by atoms with Gasteiger partial charge in [-0.3, -0.25) is 9.59 Å². The van der Waals surface area contributed by atoms with E-state index in [0.29, 0.717) is 18.4 Å². The first kappa shape index (κ1) is 20.4. The number of quaternary nitrogens is 1. The van der Waals surface area contributed by atoms with Gasteiger partial charge < -0.3 is 15.5 Å². The molecule has 0 spiro atoms. The molecule has 1 fully saturated rings. The molecule has 1 aliphatic carbocycles. The Morgan fingerprint density at radius 3 is 2.54 bits per heavy atom. The summed E-state index contributed by atoms with van der Waals surface area (Å²) in [6, 6.07) is 6.14. The SMILES string of the molecule is Cc1cccc(NC(=O)C[NH+](C)CC(=O)N[C@H]2CCC[C@H](C)[C@@H]2C)c1C. The summed E-state index contributed by atoms with van der Waals surface area (Å²) < 4.78 is 0. The number of likely N-dealkylation sites (N-methyl/N-ethyl adjacent to an activating group) is 1. The number of anilines is 1. The van der Waals surface area contributed by atoms with Crippen LogP contribution in [0.1, 0.15) is 44.2 Å². The van der Waals surface area contributed by atoms with Gasteiger partial charge in [0.2, 0.25) is 0 Å². The Kier molecular flexibility index (Phi) is 7.21. The number of carbonyl (C=O) groups is 2. The monoisotopic (exact) mass is 360 g/mol. The minimum absolute atomic E-state index is 0.0352. The second-order valence-corrected chi connectivity index (χ2v) is 8.05. The van der Waals surface area contributed by atoms with Gasteiger partial charge >= 0.3 is 0 Å². The number of hydrogen-bond acceptors (Lipinski definition) is 2. The smallest absolute Gasteiger partial charge is 0.279 e. The lowest BCUT2D eigenvalue weighted by atomic mass is 9.78. The van der Waals surface area contributed by atoms with Crippen molar-refractivity contribution >= 4 is 17.5 Å². The summed E-state index contributed by atoms with van der Waals surface area (Å²) in [6.07, 6.45) is 3.48. The molecule has 1 aromatic carbocycles. The van der Waals surface area contributed by atoms with Gasteiger partial charge in [-0.15, -0.1) is 0 Å². The molecule has 1 aromatic rings. The van der Waals surface area contributed by atoms with Gasteiger partial charge in [-0.1, -0.05) is 38.8 Å². The van der Waals surface area contributed by atoms with Crippen LogP contribution in [0.3, 0.4) is 0 Å². The Labute approximate surface area is 157 Å². The van der Waals surface area contributed by atoms with Crippen molar-refractivity contribution in [2.24, 2.45) is 11.8 Å². The Hall–Kier alpha value is -1.88. The maximum atomic E-state index is 12.3. The highest BCUT2D eigenvalue weighted by molar-refractivity contribution is 5.92. The number of hydrogen-bond donors (Lipinski definition) is 3. The predicted molar refractivity (Wildman–Crippen MR) is 105 cm³/mol. The maximum Gasteiger partial charge on any atom is 0.279 e. The Balaban J connectivity index is 1.80. The van der Waals surface area contributed by atoms with Gasteiger partial charge in [0, 0.05) is 11.7 Å². The molecule has 144 valence electrons. The molecule has 1 aliphatic rings. The van der Waals surface area contributed by atoms with Crippen molar-refractivity contribution in [3.8, 4) is 0 Å². The minimum Gasteiger partial charge on any atom is -0.348 e. The van der Waals surface area contributed by atoms with Crippen LogP contribution in [0.4, 0.5) is 5.69 Å².